The van der Waals surface area contributed by atoms with Crippen molar-refractivity contribution in [3.8, 4) is 0 Å². The molecule has 0 fully saturated rings. The third-order valence-electron chi connectivity index (χ3n) is 4.32. The molecule has 0 heterocycles. The van der Waals surface area contributed by atoms with E-state index < -0.39 is 72.3 Å². The van der Waals surface area contributed by atoms with Gasteiger partial charge in [-0.05, 0) is 19.8 Å². The molecule has 29 heavy (non-hydrogen) atoms. The number of carboxylic acids is 2. The molecule has 0 aromatic heterocycles. The molecule has 8 N–H and O–H groups in total. The predicted octanol–water partition coefficient (Wildman–Crippen LogP) is -2.23. The van der Waals surface area contributed by atoms with Gasteiger partial charge in [0.2, 0.25) is 17.7 Å². The molecule has 0 aromatic rings. The van der Waals surface area contributed by atoms with E-state index in [1.54, 1.807) is 13.8 Å². The Morgan fingerprint density at radius 3 is 1.76 bits per heavy atom. The van der Waals surface area contributed by atoms with Crippen LogP contribution in [0, 0.1) is 5.92 Å². The zero-order chi connectivity index (χ0) is 22.9. The Balaban J connectivity index is 5.35. The summed E-state index contributed by atoms with van der Waals surface area (Å²) in [5.41, 5.74) is 5.50. The Bertz CT molecular complexity index is 625. The van der Waals surface area contributed by atoms with Crippen LogP contribution in [0.1, 0.15) is 40.5 Å². The highest BCUT2D eigenvalue weighted by Crippen LogP contribution is 2.10. The van der Waals surface area contributed by atoms with Crippen molar-refractivity contribution in [3.05, 3.63) is 0 Å². The van der Waals surface area contributed by atoms with Crippen molar-refractivity contribution in [2.75, 3.05) is 0 Å². The molecule has 3 amide bonds. The number of hydrogen-bond donors (Lipinski definition) is 7. The monoisotopic (exact) mass is 418 g/mol. The number of aliphatic hydroxyl groups excluding tert-OH is 1. The van der Waals surface area contributed by atoms with Crippen molar-refractivity contribution >= 4 is 29.7 Å². The molecule has 12 nitrogen and oxygen atoms in total. The van der Waals surface area contributed by atoms with E-state index in [9.17, 15) is 29.1 Å². The molecule has 166 valence electrons. The Morgan fingerprint density at radius 1 is 0.862 bits per heavy atom. The lowest BCUT2D eigenvalue weighted by molar-refractivity contribution is -0.142. The first-order valence-corrected chi connectivity index (χ1v) is 9.11. The van der Waals surface area contributed by atoms with Crippen molar-refractivity contribution in [2.24, 2.45) is 11.7 Å². The average Bonchev–Trinajstić information content (AvgIpc) is 2.61. The maximum absolute atomic E-state index is 12.7. The standard InChI is InChI=1S/C17H30N4O8/c1-5-7(2)12(20-14(25)10(18)6-11(23)24)15(26)21-13(9(4)22)16(27)19-8(3)17(28)29/h7-10,12-13,22H,5-6,18H2,1-4H3,(H,19,27)(H,20,25)(H,21,26)(H,23,24)(H,28,29). The quantitative estimate of drug-likeness (QED) is 0.183. The van der Waals surface area contributed by atoms with E-state index in [2.05, 4.69) is 16.0 Å². The third-order valence-corrected chi connectivity index (χ3v) is 4.32. The van der Waals surface area contributed by atoms with Crippen LogP contribution in [0.2, 0.25) is 0 Å². The molecule has 0 aliphatic rings. The van der Waals surface area contributed by atoms with Gasteiger partial charge in [-0.1, -0.05) is 20.3 Å². The number of carboxylic acid groups (broad SMARTS) is 2. The smallest absolute Gasteiger partial charge is 0.325 e. The van der Waals surface area contributed by atoms with Gasteiger partial charge in [0.25, 0.3) is 0 Å². The number of hydrogen-bond acceptors (Lipinski definition) is 7. The van der Waals surface area contributed by atoms with Gasteiger partial charge in [0.05, 0.1) is 18.6 Å². The fourth-order valence-electron chi connectivity index (χ4n) is 2.26. The first-order valence-electron chi connectivity index (χ1n) is 9.11. The second-order valence-electron chi connectivity index (χ2n) is 6.87. The minimum Gasteiger partial charge on any atom is -0.481 e. The van der Waals surface area contributed by atoms with E-state index in [4.69, 9.17) is 15.9 Å². The van der Waals surface area contributed by atoms with Gasteiger partial charge in [-0.15, -0.1) is 0 Å². The fraction of sp³-hybridized carbons (Fsp3) is 0.706. The van der Waals surface area contributed by atoms with Crippen LogP contribution in [0.4, 0.5) is 0 Å². The number of rotatable bonds is 12. The van der Waals surface area contributed by atoms with E-state index in [1.807, 2.05) is 0 Å². The van der Waals surface area contributed by atoms with Crippen LogP contribution in [0.3, 0.4) is 0 Å². The summed E-state index contributed by atoms with van der Waals surface area (Å²) >= 11 is 0. The van der Waals surface area contributed by atoms with E-state index >= 15 is 0 Å². The first-order chi connectivity index (χ1) is 13.3. The van der Waals surface area contributed by atoms with Crippen LogP contribution < -0.4 is 21.7 Å². The lowest BCUT2D eigenvalue weighted by atomic mass is 9.97. The van der Waals surface area contributed by atoms with E-state index in [0.29, 0.717) is 6.42 Å². The Hall–Kier alpha value is -2.73. The second kappa shape index (κ2) is 12.0. The van der Waals surface area contributed by atoms with Crippen molar-refractivity contribution in [1.82, 2.24) is 16.0 Å². The van der Waals surface area contributed by atoms with Gasteiger partial charge in [0.15, 0.2) is 0 Å². The molecule has 0 saturated heterocycles. The molecule has 12 heteroatoms. The lowest BCUT2D eigenvalue weighted by Gasteiger charge is -2.28. The summed E-state index contributed by atoms with van der Waals surface area (Å²) in [6.07, 6.45) is -1.54. The average molecular weight is 418 g/mol. The van der Waals surface area contributed by atoms with Gasteiger partial charge in [0.1, 0.15) is 18.1 Å². The molecule has 6 atom stereocenters. The van der Waals surface area contributed by atoms with Crippen molar-refractivity contribution < 1.29 is 39.3 Å². The van der Waals surface area contributed by atoms with Crippen LogP contribution in [-0.2, 0) is 24.0 Å². The normalized spacial score (nSPS) is 17.0. The lowest BCUT2D eigenvalue weighted by Crippen LogP contribution is -2.60. The zero-order valence-corrected chi connectivity index (χ0v) is 16.8. The highest BCUT2D eigenvalue weighted by Gasteiger charge is 2.33. The number of aliphatic carboxylic acids is 2. The van der Waals surface area contributed by atoms with E-state index in [1.165, 1.54) is 13.8 Å². The fourth-order valence-corrected chi connectivity index (χ4v) is 2.26. The molecular formula is C17H30N4O8. The Kier molecular flexibility index (Phi) is 10.8. The van der Waals surface area contributed by atoms with Gasteiger partial charge in [0, 0.05) is 0 Å². The van der Waals surface area contributed by atoms with Gasteiger partial charge in [-0.2, -0.15) is 0 Å². The van der Waals surface area contributed by atoms with Gasteiger partial charge in [-0.3, -0.25) is 24.0 Å². The summed E-state index contributed by atoms with van der Waals surface area (Å²) in [7, 11) is 0. The summed E-state index contributed by atoms with van der Waals surface area (Å²) in [6, 6.07) is -5.25. The maximum Gasteiger partial charge on any atom is 0.325 e. The second-order valence-corrected chi connectivity index (χ2v) is 6.87. The Morgan fingerprint density at radius 2 is 1.34 bits per heavy atom. The largest absolute Gasteiger partial charge is 0.481 e. The van der Waals surface area contributed by atoms with Crippen LogP contribution in [-0.4, -0.2) is 75.3 Å². The summed E-state index contributed by atoms with van der Waals surface area (Å²) in [5.74, 6) is -5.57. The molecular weight excluding hydrogens is 388 g/mol. The van der Waals surface area contributed by atoms with Crippen LogP contribution in [0.5, 0.6) is 0 Å². The summed E-state index contributed by atoms with van der Waals surface area (Å²) in [6.45, 7) is 5.85. The van der Waals surface area contributed by atoms with Crippen molar-refractivity contribution in [3.63, 3.8) is 0 Å². The Labute approximate surface area is 168 Å². The molecule has 0 bridgehead atoms. The summed E-state index contributed by atoms with van der Waals surface area (Å²) in [5, 5.41) is 34.2. The third kappa shape index (κ3) is 8.87. The molecule has 0 saturated carbocycles. The van der Waals surface area contributed by atoms with Crippen LogP contribution >= 0.6 is 0 Å². The molecule has 0 spiro atoms. The van der Waals surface area contributed by atoms with Crippen LogP contribution in [0.15, 0.2) is 0 Å². The van der Waals surface area contributed by atoms with Crippen molar-refractivity contribution in [1.29, 1.82) is 0 Å². The molecule has 0 aliphatic carbocycles. The zero-order valence-electron chi connectivity index (χ0n) is 16.8. The molecule has 0 aromatic carbocycles. The van der Waals surface area contributed by atoms with Crippen molar-refractivity contribution in [2.45, 2.75) is 70.8 Å². The predicted molar refractivity (Wildman–Crippen MR) is 100 cm³/mol. The maximum atomic E-state index is 12.7. The summed E-state index contributed by atoms with van der Waals surface area (Å²) in [4.78, 5) is 58.6. The SMILES string of the molecule is CCC(C)C(NC(=O)C(N)CC(=O)O)C(=O)NC(C(=O)NC(C)C(=O)O)C(C)O. The molecule has 6 unspecified atom stereocenters. The van der Waals surface area contributed by atoms with Gasteiger partial charge < -0.3 is 37.0 Å². The minimum atomic E-state index is -1.47. The van der Waals surface area contributed by atoms with Gasteiger partial charge in [-0.25, -0.2) is 0 Å². The van der Waals surface area contributed by atoms with E-state index in [0.717, 1.165) is 0 Å². The number of aliphatic hydroxyl groups is 1. The highest BCUT2D eigenvalue weighted by atomic mass is 16.4. The summed E-state index contributed by atoms with van der Waals surface area (Å²) < 4.78 is 0. The number of nitrogens with one attached hydrogen (secondary N) is 3. The highest BCUT2D eigenvalue weighted by molar-refractivity contribution is 5.95. The molecule has 0 rings (SSSR count). The minimum absolute atomic E-state index is 0.411. The topological polar surface area (TPSA) is 208 Å². The van der Waals surface area contributed by atoms with Gasteiger partial charge >= 0.3 is 11.9 Å². The molecule has 0 aliphatic heterocycles. The van der Waals surface area contributed by atoms with Crippen LogP contribution in [0.25, 0.3) is 0 Å². The molecule has 0 radical (unpaired) electrons. The number of carbonyl (C=O) groups is 5. The number of nitrogens with two attached hydrogens (primary N) is 1. The van der Waals surface area contributed by atoms with E-state index in [-0.39, 0.29) is 0 Å². The number of carbonyl (C=O) groups excluding carboxylic acids is 3. The number of amides is 3. The first kappa shape index (κ1) is 26.3.